The molecule has 3 aromatic rings. The molecule has 0 saturated carbocycles. The molecule has 0 unspecified atom stereocenters. The second-order valence-electron chi connectivity index (χ2n) is 7.07. The third-order valence-corrected chi connectivity index (χ3v) is 5.44. The first-order valence-electron chi connectivity index (χ1n) is 9.40. The van der Waals surface area contributed by atoms with Crippen LogP contribution in [0.4, 0.5) is 5.69 Å². The summed E-state index contributed by atoms with van der Waals surface area (Å²) in [5.41, 5.74) is 2.54. The molecule has 4 heteroatoms. The van der Waals surface area contributed by atoms with Crippen molar-refractivity contribution in [3.05, 3.63) is 102 Å². The van der Waals surface area contributed by atoms with Crippen molar-refractivity contribution in [2.24, 2.45) is 0 Å². The first-order valence-corrected chi connectivity index (χ1v) is 9.40. The fraction of sp³-hybridized carbons (Fsp3) is 0.167. The SMILES string of the molecule is CC(=O)Nc1ccccc1[C@]1(c2ccccc2)C(=O)NC[C@H]1c1ccccc1. The Morgan fingerprint density at radius 2 is 1.54 bits per heavy atom. The largest absolute Gasteiger partial charge is 0.354 e. The van der Waals surface area contributed by atoms with Crippen LogP contribution in [0.5, 0.6) is 0 Å². The molecule has 1 aliphatic heterocycles. The number of carbonyl (C=O) groups excluding carboxylic acids is 2. The van der Waals surface area contributed by atoms with E-state index in [-0.39, 0.29) is 17.7 Å². The Morgan fingerprint density at radius 3 is 2.21 bits per heavy atom. The summed E-state index contributed by atoms with van der Waals surface area (Å²) in [6.45, 7) is 2.02. The van der Waals surface area contributed by atoms with Crippen LogP contribution < -0.4 is 10.6 Å². The maximum atomic E-state index is 13.5. The van der Waals surface area contributed by atoms with E-state index in [2.05, 4.69) is 22.8 Å². The lowest BCUT2D eigenvalue weighted by atomic mass is 9.64. The van der Waals surface area contributed by atoms with Crippen molar-refractivity contribution in [1.29, 1.82) is 0 Å². The average Bonchev–Trinajstić information content (AvgIpc) is 3.07. The molecule has 4 rings (SSSR count). The van der Waals surface area contributed by atoms with Gasteiger partial charge in [0.05, 0.1) is 0 Å². The second-order valence-corrected chi connectivity index (χ2v) is 7.07. The Morgan fingerprint density at radius 1 is 0.929 bits per heavy atom. The Balaban J connectivity index is 2.02. The number of hydrogen-bond acceptors (Lipinski definition) is 2. The molecule has 0 bridgehead atoms. The van der Waals surface area contributed by atoms with Crippen LogP contribution in [-0.2, 0) is 15.0 Å². The van der Waals surface area contributed by atoms with Gasteiger partial charge in [-0.2, -0.15) is 0 Å². The minimum Gasteiger partial charge on any atom is -0.354 e. The van der Waals surface area contributed by atoms with Crippen molar-refractivity contribution in [1.82, 2.24) is 5.32 Å². The average molecular weight is 370 g/mol. The van der Waals surface area contributed by atoms with Gasteiger partial charge in [-0.25, -0.2) is 0 Å². The van der Waals surface area contributed by atoms with Crippen LogP contribution in [0.3, 0.4) is 0 Å². The first-order chi connectivity index (χ1) is 13.6. The maximum absolute atomic E-state index is 13.5. The lowest BCUT2D eigenvalue weighted by Crippen LogP contribution is -2.41. The van der Waals surface area contributed by atoms with E-state index in [0.717, 1.165) is 16.7 Å². The standard InChI is InChI=1S/C24H22N2O2/c1-17(27)26-22-15-9-8-14-20(22)24(19-12-6-3-7-13-19)21(16-25-23(24)28)18-10-4-2-5-11-18/h2-15,21H,16H2,1H3,(H,25,28)(H,26,27)/t21-,24-/m0/s1. The first kappa shape index (κ1) is 18.0. The quantitative estimate of drug-likeness (QED) is 0.733. The van der Waals surface area contributed by atoms with E-state index in [1.807, 2.05) is 72.8 Å². The third kappa shape index (κ3) is 2.87. The van der Waals surface area contributed by atoms with Gasteiger partial charge in [-0.3, -0.25) is 9.59 Å². The summed E-state index contributed by atoms with van der Waals surface area (Å²) < 4.78 is 0. The van der Waals surface area contributed by atoms with E-state index in [9.17, 15) is 9.59 Å². The van der Waals surface area contributed by atoms with Gasteiger partial charge in [0.25, 0.3) is 0 Å². The number of para-hydroxylation sites is 1. The minimum absolute atomic E-state index is 0.0506. The topological polar surface area (TPSA) is 58.2 Å². The smallest absolute Gasteiger partial charge is 0.235 e. The summed E-state index contributed by atoms with van der Waals surface area (Å²) in [5.74, 6) is -0.311. The fourth-order valence-corrected chi connectivity index (χ4v) is 4.32. The van der Waals surface area contributed by atoms with Crippen LogP contribution in [0.2, 0.25) is 0 Å². The van der Waals surface area contributed by atoms with Gasteiger partial charge in [-0.05, 0) is 22.8 Å². The van der Waals surface area contributed by atoms with Gasteiger partial charge in [-0.1, -0.05) is 78.9 Å². The van der Waals surface area contributed by atoms with Crippen LogP contribution >= 0.6 is 0 Å². The summed E-state index contributed by atoms with van der Waals surface area (Å²) in [5, 5.41) is 6.00. The van der Waals surface area contributed by atoms with Gasteiger partial charge < -0.3 is 10.6 Å². The van der Waals surface area contributed by atoms with Gasteiger partial charge >= 0.3 is 0 Å². The summed E-state index contributed by atoms with van der Waals surface area (Å²) in [6.07, 6.45) is 0. The highest BCUT2D eigenvalue weighted by Gasteiger charge is 2.54. The molecule has 2 N–H and O–H groups in total. The molecule has 4 nitrogen and oxygen atoms in total. The van der Waals surface area contributed by atoms with E-state index in [0.29, 0.717) is 12.2 Å². The lowest BCUT2D eigenvalue weighted by molar-refractivity contribution is -0.123. The van der Waals surface area contributed by atoms with Crippen LogP contribution in [-0.4, -0.2) is 18.4 Å². The van der Waals surface area contributed by atoms with Gasteiger partial charge in [0.2, 0.25) is 11.8 Å². The predicted molar refractivity (Wildman–Crippen MR) is 110 cm³/mol. The van der Waals surface area contributed by atoms with E-state index >= 15 is 0 Å². The molecule has 0 spiro atoms. The highest BCUT2D eigenvalue weighted by Crippen LogP contribution is 2.49. The van der Waals surface area contributed by atoms with Crippen LogP contribution in [0.15, 0.2) is 84.9 Å². The molecule has 3 aromatic carbocycles. The summed E-state index contributed by atoms with van der Waals surface area (Å²) in [6, 6.07) is 27.5. The van der Waals surface area contributed by atoms with Crippen molar-refractivity contribution < 1.29 is 9.59 Å². The molecule has 2 amide bonds. The third-order valence-electron chi connectivity index (χ3n) is 5.44. The number of hydrogen-bond donors (Lipinski definition) is 2. The molecule has 2 atom stereocenters. The van der Waals surface area contributed by atoms with Crippen molar-refractivity contribution in [3.63, 3.8) is 0 Å². The number of carbonyl (C=O) groups is 2. The number of benzene rings is 3. The number of amides is 2. The Bertz CT molecular complexity index is 1000. The second kappa shape index (κ2) is 7.31. The molecule has 1 fully saturated rings. The normalized spacial score (nSPS) is 21.2. The van der Waals surface area contributed by atoms with E-state index in [1.54, 1.807) is 0 Å². The van der Waals surface area contributed by atoms with Crippen molar-refractivity contribution in [2.45, 2.75) is 18.3 Å². The highest BCUT2D eigenvalue weighted by molar-refractivity contribution is 5.99. The zero-order valence-electron chi connectivity index (χ0n) is 15.7. The summed E-state index contributed by atoms with van der Waals surface area (Å²) >= 11 is 0. The summed E-state index contributed by atoms with van der Waals surface area (Å²) in [4.78, 5) is 25.3. The molecule has 1 aliphatic rings. The lowest BCUT2D eigenvalue weighted by Gasteiger charge is -2.35. The molecular formula is C24H22N2O2. The van der Waals surface area contributed by atoms with Crippen molar-refractivity contribution >= 4 is 17.5 Å². The summed E-state index contributed by atoms with van der Waals surface area (Å²) in [7, 11) is 0. The molecule has 1 heterocycles. The van der Waals surface area contributed by atoms with E-state index < -0.39 is 5.41 Å². The van der Waals surface area contributed by atoms with E-state index in [4.69, 9.17) is 0 Å². The zero-order chi connectivity index (χ0) is 19.6. The molecule has 0 aliphatic carbocycles. The number of anilines is 1. The molecular weight excluding hydrogens is 348 g/mol. The van der Waals surface area contributed by atoms with Crippen molar-refractivity contribution in [2.75, 3.05) is 11.9 Å². The predicted octanol–water partition coefficient (Wildman–Crippen LogP) is 3.84. The molecule has 0 radical (unpaired) electrons. The minimum atomic E-state index is -0.929. The van der Waals surface area contributed by atoms with Gasteiger partial charge in [0.15, 0.2) is 0 Å². The van der Waals surface area contributed by atoms with Gasteiger partial charge in [0.1, 0.15) is 5.41 Å². The zero-order valence-corrected chi connectivity index (χ0v) is 15.7. The molecule has 0 aromatic heterocycles. The van der Waals surface area contributed by atoms with Crippen molar-refractivity contribution in [3.8, 4) is 0 Å². The van der Waals surface area contributed by atoms with Crippen LogP contribution in [0.25, 0.3) is 0 Å². The van der Waals surface area contributed by atoms with Crippen LogP contribution in [0, 0.1) is 0 Å². The Hall–Kier alpha value is -3.40. The number of rotatable bonds is 4. The van der Waals surface area contributed by atoms with Gasteiger partial charge in [0, 0.05) is 25.1 Å². The fourth-order valence-electron chi connectivity index (χ4n) is 4.32. The Labute approximate surface area is 164 Å². The van der Waals surface area contributed by atoms with E-state index in [1.165, 1.54) is 6.92 Å². The Kier molecular flexibility index (Phi) is 4.70. The number of nitrogens with one attached hydrogen (secondary N) is 2. The maximum Gasteiger partial charge on any atom is 0.235 e. The molecule has 28 heavy (non-hydrogen) atoms. The monoisotopic (exact) mass is 370 g/mol. The van der Waals surface area contributed by atoms with Gasteiger partial charge in [-0.15, -0.1) is 0 Å². The molecule has 1 saturated heterocycles. The van der Waals surface area contributed by atoms with Crippen LogP contribution in [0.1, 0.15) is 29.5 Å². The molecule has 140 valence electrons. The highest BCUT2D eigenvalue weighted by atomic mass is 16.2.